The number of carbonyl (C=O) groups excluding carboxylic acids is 1. The standard InChI is InChI=1S/C19H23BrN2O4S/c1-26-18-9-5-15(6-10-18)11-12-21-19(23)14-22(27(2,24)25)13-16-3-7-17(20)8-4-16/h3-10H,11-14H2,1-2H3,(H,21,23). The molecular weight excluding hydrogens is 432 g/mol. The zero-order chi connectivity index (χ0) is 19.9. The van der Waals surface area contributed by atoms with Gasteiger partial charge in [-0.1, -0.05) is 40.2 Å². The Morgan fingerprint density at radius 3 is 2.22 bits per heavy atom. The third kappa shape index (κ3) is 7.32. The van der Waals surface area contributed by atoms with Crippen molar-refractivity contribution >= 4 is 31.9 Å². The average Bonchev–Trinajstić information content (AvgIpc) is 2.63. The normalized spacial score (nSPS) is 11.4. The summed E-state index contributed by atoms with van der Waals surface area (Å²) in [5, 5.41) is 2.77. The van der Waals surface area contributed by atoms with Crippen LogP contribution in [0.25, 0.3) is 0 Å². The number of carbonyl (C=O) groups is 1. The molecule has 0 aromatic heterocycles. The molecule has 146 valence electrons. The predicted molar refractivity (Wildman–Crippen MR) is 109 cm³/mol. The number of halogens is 1. The van der Waals surface area contributed by atoms with Crippen molar-refractivity contribution in [3.8, 4) is 5.75 Å². The van der Waals surface area contributed by atoms with Gasteiger partial charge in [0.25, 0.3) is 0 Å². The van der Waals surface area contributed by atoms with E-state index in [2.05, 4.69) is 21.2 Å². The SMILES string of the molecule is COc1ccc(CCNC(=O)CN(Cc2ccc(Br)cc2)S(C)(=O)=O)cc1. The Bertz CT molecular complexity index is 852. The first kappa shape index (κ1) is 21.4. The number of methoxy groups -OCH3 is 1. The number of rotatable bonds is 9. The average molecular weight is 455 g/mol. The Kier molecular flexibility index (Phi) is 7.82. The van der Waals surface area contributed by atoms with Crippen molar-refractivity contribution in [3.63, 3.8) is 0 Å². The van der Waals surface area contributed by atoms with E-state index in [1.807, 2.05) is 48.5 Å². The minimum absolute atomic E-state index is 0.151. The number of sulfonamides is 1. The van der Waals surface area contributed by atoms with Crippen LogP contribution in [-0.4, -0.2) is 45.1 Å². The van der Waals surface area contributed by atoms with Crippen LogP contribution in [0.4, 0.5) is 0 Å². The summed E-state index contributed by atoms with van der Waals surface area (Å²) in [6.45, 7) is 0.372. The molecule has 0 saturated carbocycles. The van der Waals surface area contributed by atoms with Crippen LogP contribution in [0, 0.1) is 0 Å². The van der Waals surface area contributed by atoms with Gasteiger partial charge in [0, 0.05) is 17.6 Å². The highest BCUT2D eigenvalue weighted by Gasteiger charge is 2.20. The minimum Gasteiger partial charge on any atom is -0.497 e. The number of benzene rings is 2. The summed E-state index contributed by atoms with van der Waals surface area (Å²) in [6.07, 6.45) is 1.76. The van der Waals surface area contributed by atoms with Crippen molar-refractivity contribution in [2.45, 2.75) is 13.0 Å². The van der Waals surface area contributed by atoms with E-state index >= 15 is 0 Å². The Labute approximate surface area is 168 Å². The molecule has 27 heavy (non-hydrogen) atoms. The monoisotopic (exact) mass is 454 g/mol. The fraction of sp³-hybridized carbons (Fsp3) is 0.316. The van der Waals surface area contributed by atoms with Gasteiger partial charge < -0.3 is 10.1 Å². The molecule has 8 heteroatoms. The second-order valence-corrected chi connectivity index (χ2v) is 9.00. The molecule has 0 saturated heterocycles. The van der Waals surface area contributed by atoms with Crippen LogP contribution >= 0.6 is 15.9 Å². The molecule has 2 aromatic carbocycles. The van der Waals surface area contributed by atoms with Crippen LogP contribution in [0.2, 0.25) is 0 Å². The highest BCUT2D eigenvalue weighted by Crippen LogP contribution is 2.14. The maximum atomic E-state index is 12.2. The summed E-state index contributed by atoms with van der Waals surface area (Å²) in [7, 11) is -1.90. The van der Waals surface area contributed by atoms with Crippen molar-refractivity contribution in [2.75, 3.05) is 26.5 Å². The summed E-state index contributed by atoms with van der Waals surface area (Å²) < 4.78 is 31.2. The molecule has 1 amide bonds. The molecule has 0 spiro atoms. The van der Waals surface area contributed by atoms with Gasteiger partial charge in [0.15, 0.2) is 0 Å². The van der Waals surface area contributed by atoms with Gasteiger partial charge in [-0.15, -0.1) is 0 Å². The first-order valence-electron chi connectivity index (χ1n) is 8.37. The minimum atomic E-state index is -3.51. The number of ether oxygens (including phenoxy) is 1. The number of nitrogens with one attached hydrogen (secondary N) is 1. The third-order valence-corrected chi connectivity index (χ3v) is 5.68. The molecule has 2 aromatic rings. The van der Waals surface area contributed by atoms with Gasteiger partial charge in [-0.2, -0.15) is 4.31 Å². The molecule has 0 aliphatic rings. The lowest BCUT2D eigenvalue weighted by atomic mass is 10.1. The van der Waals surface area contributed by atoms with Crippen LogP contribution < -0.4 is 10.1 Å². The van der Waals surface area contributed by atoms with Crippen LogP contribution in [-0.2, 0) is 27.8 Å². The molecule has 0 unspecified atom stereocenters. The van der Waals surface area contributed by atoms with Crippen LogP contribution in [0.3, 0.4) is 0 Å². The summed E-state index contributed by atoms with van der Waals surface area (Å²) in [6, 6.07) is 14.9. The van der Waals surface area contributed by atoms with Gasteiger partial charge in [-0.05, 0) is 41.8 Å². The Balaban J connectivity index is 1.88. The van der Waals surface area contributed by atoms with Gasteiger partial charge in [0.1, 0.15) is 5.75 Å². The van der Waals surface area contributed by atoms with E-state index in [1.54, 1.807) is 7.11 Å². The van der Waals surface area contributed by atoms with Crippen molar-refractivity contribution in [2.24, 2.45) is 0 Å². The molecule has 0 aliphatic heterocycles. The fourth-order valence-corrected chi connectivity index (χ4v) is 3.44. The van der Waals surface area contributed by atoms with Gasteiger partial charge in [-0.25, -0.2) is 8.42 Å². The first-order valence-corrected chi connectivity index (χ1v) is 11.0. The number of nitrogens with zero attached hydrogens (tertiary/aromatic N) is 1. The Morgan fingerprint density at radius 1 is 1.07 bits per heavy atom. The topological polar surface area (TPSA) is 75.7 Å². The maximum absolute atomic E-state index is 12.2. The van der Waals surface area contributed by atoms with E-state index in [-0.39, 0.29) is 19.0 Å². The molecular formula is C19H23BrN2O4S. The first-order chi connectivity index (χ1) is 12.8. The van der Waals surface area contributed by atoms with Crippen LogP contribution in [0.1, 0.15) is 11.1 Å². The van der Waals surface area contributed by atoms with Crippen molar-refractivity contribution in [1.29, 1.82) is 0 Å². The molecule has 0 bridgehead atoms. The molecule has 2 rings (SSSR count). The maximum Gasteiger partial charge on any atom is 0.235 e. The molecule has 0 aliphatic carbocycles. The molecule has 6 nitrogen and oxygen atoms in total. The zero-order valence-corrected chi connectivity index (χ0v) is 17.7. The van der Waals surface area contributed by atoms with E-state index in [0.717, 1.165) is 27.6 Å². The summed E-state index contributed by atoms with van der Waals surface area (Å²) in [4.78, 5) is 12.2. The van der Waals surface area contributed by atoms with Crippen molar-refractivity contribution in [3.05, 3.63) is 64.1 Å². The zero-order valence-electron chi connectivity index (χ0n) is 15.3. The molecule has 0 fully saturated rings. The summed E-state index contributed by atoms with van der Waals surface area (Å²) in [5.74, 6) is 0.450. The second-order valence-electron chi connectivity index (χ2n) is 6.11. The smallest absolute Gasteiger partial charge is 0.235 e. The van der Waals surface area contributed by atoms with Crippen molar-refractivity contribution in [1.82, 2.24) is 9.62 Å². The van der Waals surface area contributed by atoms with Gasteiger partial charge in [0.05, 0.1) is 19.9 Å². The molecule has 0 radical (unpaired) electrons. The predicted octanol–water partition coefficient (Wildman–Crippen LogP) is 2.58. The second kappa shape index (κ2) is 9.87. The lowest BCUT2D eigenvalue weighted by Crippen LogP contribution is -2.40. The van der Waals surface area contributed by atoms with Gasteiger partial charge in [0.2, 0.25) is 15.9 Å². The number of hydrogen-bond acceptors (Lipinski definition) is 4. The van der Waals surface area contributed by atoms with E-state index < -0.39 is 10.0 Å². The van der Waals surface area contributed by atoms with Gasteiger partial charge in [-0.3, -0.25) is 4.79 Å². The Morgan fingerprint density at radius 2 is 1.67 bits per heavy atom. The van der Waals surface area contributed by atoms with E-state index in [9.17, 15) is 13.2 Å². The molecule has 0 atom stereocenters. The number of amides is 1. The van der Waals surface area contributed by atoms with Crippen LogP contribution in [0.15, 0.2) is 53.0 Å². The highest BCUT2D eigenvalue weighted by atomic mass is 79.9. The van der Waals surface area contributed by atoms with E-state index in [4.69, 9.17) is 4.74 Å². The lowest BCUT2D eigenvalue weighted by Gasteiger charge is -2.19. The van der Waals surface area contributed by atoms with E-state index in [1.165, 1.54) is 4.31 Å². The summed E-state index contributed by atoms with van der Waals surface area (Å²) >= 11 is 3.34. The Hall–Kier alpha value is -1.90. The van der Waals surface area contributed by atoms with Crippen molar-refractivity contribution < 1.29 is 17.9 Å². The highest BCUT2D eigenvalue weighted by molar-refractivity contribution is 9.10. The number of hydrogen-bond donors (Lipinski definition) is 1. The van der Waals surface area contributed by atoms with E-state index in [0.29, 0.717) is 13.0 Å². The third-order valence-electron chi connectivity index (χ3n) is 3.96. The molecule has 0 heterocycles. The van der Waals surface area contributed by atoms with Gasteiger partial charge >= 0.3 is 0 Å². The quantitative estimate of drug-likeness (QED) is 0.631. The molecule has 1 N–H and O–H groups in total. The summed E-state index contributed by atoms with van der Waals surface area (Å²) in [5.41, 5.74) is 1.88. The largest absolute Gasteiger partial charge is 0.497 e. The fourth-order valence-electron chi connectivity index (χ4n) is 2.44. The lowest BCUT2D eigenvalue weighted by molar-refractivity contribution is -0.121. The van der Waals surface area contributed by atoms with Crippen LogP contribution in [0.5, 0.6) is 5.75 Å².